The molecule has 0 radical (unpaired) electrons. The molecule has 12 heteroatoms. The van der Waals surface area contributed by atoms with Crippen molar-refractivity contribution in [1.29, 1.82) is 0 Å². The Labute approximate surface area is 277 Å². The van der Waals surface area contributed by atoms with Crippen LogP contribution in [0.5, 0.6) is 0 Å². The molecule has 0 heterocycles. The SMILES string of the molecule is CC(C)(C)OC(=O)[C@H](CCCCNC(=O)OCc1ccccc1)NC(=O)N[C@@H](CCC(=O)OCc1ccccc1)C(=O)OC(C)(C)C. The molecule has 0 aliphatic rings. The molecule has 0 aromatic heterocycles. The van der Waals surface area contributed by atoms with E-state index in [1.165, 1.54) is 0 Å². The number of rotatable bonds is 16. The standard InChI is InChI=1S/C35H49N3O9/c1-34(2,3)46-30(40)27(19-13-14-22-36-33(43)45-24-26-17-11-8-12-18-26)37-32(42)38-28(31(41)47-35(4,5)6)20-21-29(39)44-23-25-15-9-7-10-16-25/h7-12,15-18,27-28H,13-14,19-24H2,1-6H3,(H,36,43)(H2,37,38,42)/t27-,28-/m0/s1. The van der Waals surface area contributed by atoms with E-state index in [2.05, 4.69) is 16.0 Å². The lowest BCUT2D eigenvalue weighted by Gasteiger charge is -2.27. The molecule has 0 aliphatic carbocycles. The van der Waals surface area contributed by atoms with Crippen LogP contribution in [0.15, 0.2) is 60.7 Å². The number of carbonyl (C=O) groups excluding carboxylic acids is 5. The molecule has 3 N–H and O–H groups in total. The number of alkyl carbamates (subject to hydrolysis) is 1. The van der Waals surface area contributed by atoms with E-state index in [1.54, 1.807) is 41.5 Å². The summed E-state index contributed by atoms with van der Waals surface area (Å²) in [5.41, 5.74) is 0.0251. The third-order valence-corrected chi connectivity index (χ3v) is 6.27. The van der Waals surface area contributed by atoms with Crippen molar-refractivity contribution in [1.82, 2.24) is 16.0 Å². The normalized spacial score (nSPS) is 12.6. The van der Waals surface area contributed by atoms with Gasteiger partial charge in [-0.05, 0) is 78.4 Å². The quantitative estimate of drug-likeness (QED) is 0.124. The second-order valence-corrected chi connectivity index (χ2v) is 13.0. The van der Waals surface area contributed by atoms with E-state index in [0.717, 1.165) is 11.1 Å². The van der Waals surface area contributed by atoms with Crippen molar-refractivity contribution < 1.29 is 42.9 Å². The molecule has 0 bridgehead atoms. The van der Waals surface area contributed by atoms with Crippen molar-refractivity contribution >= 4 is 30.0 Å². The summed E-state index contributed by atoms with van der Waals surface area (Å²) in [5, 5.41) is 7.81. The summed E-state index contributed by atoms with van der Waals surface area (Å²) in [4.78, 5) is 63.5. The first-order valence-corrected chi connectivity index (χ1v) is 15.8. The number of urea groups is 1. The number of amides is 3. The fraction of sp³-hybridized carbons (Fsp3) is 0.514. The molecule has 258 valence electrons. The third kappa shape index (κ3) is 17.6. The van der Waals surface area contributed by atoms with Crippen LogP contribution in [0.4, 0.5) is 9.59 Å². The van der Waals surface area contributed by atoms with Crippen LogP contribution in [0, 0.1) is 0 Å². The minimum atomic E-state index is -1.19. The largest absolute Gasteiger partial charge is 0.461 e. The summed E-state index contributed by atoms with van der Waals surface area (Å²) in [6, 6.07) is 15.4. The van der Waals surface area contributed by atoms with E-state index in [1.807, 2.05) is 60.7 Å². The summed E-state index contributed by atoms with van der Waals surface area (Å²) < 4.78 is 21.5. The molecule has 3 amide bonds. The van der Waals surface area contributed by atoms with Gasteiger partial charge in [-0.3, -0.25) is 4.79 Å². The van der Waals surface area contributed by atoms with Gasteiger partial charge < -0.3 is 34.9 Å². The predicted octanol–water partition coefficient (Wildman–Crippen LogP) is 5.33. The van der Waals surface area contributed by atoms with Gasteiger partial charge in [-0.2, -0.15) is 0 Å². The van der Waals surface area contributed by atoms with Crippen molar-refractivity contribution in [3.63, 3.8) is 0 Å². The number of hydrogen-bond acceptors (Lipinski definition) is 9. The summed E-state index contributed by atoms with van der Waals surface area (Å²) >= 11 is 0. The molecule has 0 unspecified atom stereocenters. The van der Waals surface area contributed by atoms with Crippen LogP contribution in [-0.2, 0) is 46.5 Å². The van der Waals surface area contributed by atoms with Crippen LogP contribution in [0.3, 0.4) is 0 Å². The van der Waals surface area contributed by atoms with Gasteiger partial charge in [-0.15, -0.1) is 0 Å². The zero-order chi connectivity index (χ0) is 34.9. The van der Waals surface area contributed by atoms with Gasteiger partial charge in [0.05, 0.1) is 0 Å². The average Bonchev–Trinajstić information content (AvgIpc) is 2.99. The van der Waals surface area contributed by atoms with Crippen molar-refractivity contribution in [2.75, 3.05) is 6.54 Å². The van der Waals surface area contributed by atoms with Gasteiger partial charge in [0.2, 0.25) is 0 Å². The fourth-order valence-corrected chi connectivity index (χ4v) is 4.11. The maximum absolute atomic E-state index is 13.1. The molecule has 2 aromatic carbocycles. The zero-order valence-corrected chi connectivity index (χ0v) is 28.3. The van der Waals surface area contributed by atoms with Crippen LogP contribution < -0.4 is 16.0 Å². The van der Waals surface area contributed by atoms with Crippen LogP contribution in [0.1, 0.15) is 84.8 Å². The molecular formula is C35H49N3O9. The van der Waals surface area contributed by atoms with E-state index in [4.69, 9.17) is 18.9 Å². The number of unbranched alkanes of at least 4 members (excludes halogenated alkanes) is 1. The summed E-state index contributed by atoms with van der Waals surface area (Å²) in [5.74, 6) is -1.93. The Bertz CT molecular complexity index is 1290. The molecule has 2 aromatic rings. The molecule has 2 atom stereocenters. The Morgan fingerprint density at radius 1 is 0.638 bits per heavy atom. The maximum Gasteiger partial charge on any atom is 0.407 e. The van der Waals surface area contributed by atoms with Gasteiger partial charge >= 0.3 is 30.0 Å². The monoisotopic (exact) mass is 655 g/mol. The Kier molecular flexibility index (Phi) is 15.7. The number of nitrogens with one attached hydrogen (secondary N) is 3. The molecule has 0 spiro atoms. The van der Waals surface area contributed by atoms with Gasteiger partial charge in [0.15, 0.2) is 0 Å². The third-order valence-electron chi connectivity index (χ3n) is 6.27. The minimum absolute atomic E-state index is 0.0760. The molecule has 47 heavy (non-hydrogen) atoms. The molecule has 0 aliphatic heterocycles. The second kappa shape index (κ2) is 19.1. The lowest BCUT2D eigenvalue weighted by atomic mass is 10.1. The van der Waals surface area contributed by atoms with Crippen molar-refractivity contribution in [3.8, 4) is 0 Å². The van der Waals surface area contributed by atoms with Crippen LogP contribution in [-0.4, -0.2) is 59.9 Å². The van der Waals surface area contributed by atoms with E-state index < -0.39 is 53.3 Å². The van der Waals surface area contributed by atoms with Gasteiger partial charge in [0, 0.05) is 13.0 Å². The maximum atomic E-state index is 13.1. The van der Waals surface area contributed by atoms with Crippen LogP contribution in [0.2, 0.25) is 0 Å². The number of esters is 3. The lowest BCUT2D eigenvalue weighted by molar-refractivity contribution is -0.158. The van der Waals surface area contributed by atoms with Gasteiger partial charge in [-0.1, -0.05) is 60.7 Å². The second-order valence-electron chi connectivity index (χ2n) is 13.0. The highest BCUT2D eigenvalue weighted by Gasteiger charge is 2.31. The fourth-order valence-electron chi connectivity index (χ4n) is 4.11. The van der Waals surface area contributed by atoms with Gasteiger partial charge in [0.1, 0.15) is 36.5 Å². The first kappa shape index (κ1) is 38.6. The topological polar surface area (TPSA) is 158 Å². The molecule has 0 saturated carbocycles. The Balaban J connectivity index is 1.94. The van der Waals surface area contributed by atoms with Crippen LogP contribution in [0.25, 0.3) is 0 Å². The molecule has 0 saturated heterocycles. The molecule has 0 fully saturated rings. The Hall–Kier alpha value is -4.61. The van der Waals surface area contributed by atoms with Crippen molar-refractivity contribution in [3.05, 3.63) is 71.8 Å². The highest BCUT2D eigenvalue weighted by Crippen LogP contribution is 2.14. The van der Waals surface area contributed by atoms with Gasteiger partial charge in [-0.25, -0.2) is 19.2 Å². The summed E-state index contributed by atoms with van der Waals surface area (Å²) in [6.07, 6.45) is 0.339. The number of hydrogen-bond donors (Lipinski definition) is 3. The van der Waals surface area contributed by atoms with E-state index in [-0.39, 0.29) is 32.5 Å². The minimum Gasteiger partial charge on any atom is -0.461 e. The molecule has 2 rings (SSSR count). The average molecular weight is 656 g/mol. The number of carbonyl (C=O) groups is 5. The lowest BCUT2D eigenvalue weighted by Crippen LogP contribution is -2.53. The Morgan fingerprint density at radius 3 is 1.60 bits per heavy atom. The Morgan fingerprint density at radius 2 is 1.11 bits per heavy atom. The first-order chi connectivity index (χ1) is 22.1. The van der Waals surface area contributed by atoms with Gasteiger partial charge in [0.25, 0.3) is 0 Å². The van der Waals surface area contributed by atoms with Crippen molar-refractivity contribution in [2.45, 2.75) is 110 Å². The first-order valence-electron chi connectivity index (χ1n) is 15.8. The summed E-state index contributed by atoms with van der Waals surface area (Å²) in [6.45, 7) is 10.7. The predicted molar refractivity (Wildman–Crippen MR) is 175 cm³/mol. The molecule has 12 nitrogen and oxygen atoms in total. The smallest absolute Gasteiger partial charge is 0.407 e. The summed E-state index contributed by atoms with van der Waals surface area (Å²) in [7, 11) is 0. The van der Waals surface area contributed by atoms with E-state index in [0.29, 0.717) is 19.4 Å². The number of benzene rings is 2. The molecular weight excluding hydrogens is 606 g/mol. The highest BCUT2D eigenvalue weighted by atomic mass is 16.6. The zero-order valence-electron chi connectivity index (χ0n) is 28.3. The van der Waals surface area contributed by atoms with E-state index in [9.17, 15) is 24.0 Å². The van der Waals surface area contributed by atoms with Crippen molar-refractivity contribution in [2.24, 2.45) is 0 Å². The highest BCUT2D eigenvalue weighted by molar-refractivity contribution is 5.87. The van der Waals surface area contributed by atoms with E-state index >= 15 is 0 Å². The number of ether oxygens (including phenoxy) is 4. The van der Waals surface area contributed by atoms with Crippen LogP contribution >= 0.6 is 0 Å².